The van der Waals surface area contributed by atoms with Crippen LogP contribution in [0.2, 0.25) is 0 Å². The van der Waals surface area contributed by atoms with Crippen LogP contribution in [-0.4, -0.2) is 29.8 Å². The average molecular weight is 512 g/mol. The number of rotatable bonds is 12. The van der Waals surface area contributed by atoms with E-state index in [9.17, 15) is 19.0 Å². The Morgan fingerprint density at radius 2 is 1.39 bits per heavy atom. The topological polar surface area (TPSA) is 111 Å². The number of nitrogens with one attached hydrogen (secondary N) is 1. The summed E-state index contributed by atoms with van der Waals surface area (Å²) in [5, 5.41) is 2.49. The molecule has 3 aromatic carbocycles. The Labute approximate surface area is 210 Å². The van der Waals surface area contributed by atoms with Crippen molar-refractivity contribution in [3.8, 4) is 5.75 Å². The maximum Gasteiger partial charge on any atom is 0.408 e. The van der Waals surface area contributed by atoms with Crippen LogP contribution in [0, 0.1) is 0 Å². The quantitative estimate of drug-likeness (QED) is 0.253. The minimum Gasteiger partial charge on any atom is -0.497 e. The van der Waals surface area contributed by atoms with E-state index >= 15 is 0 Å². The highest BCUT2D eigenvalue weighted by Gasteiger charge is 2.33. The molecule has 190 valence electrons. The number of esters is 1. The van der Waals surface area contributed by atoms with Gasteiger partial charge in [0.05, 0.1) is 13.3 Å². The van der Waals surface area contributed by atoms with Crippen molar-refractivity contribution in [3.05, 3.63) is 102 Å². The number of hydrogen-bond acceptors (Lipinski definition) is 6. The van der Waals surface area contributed by atoms with Gasteiger partial charge >= 0.3 is 12.1 Å². The van der Waals surface area contributed by atoms with Gasteiger partial charge in [-0.05, 0) is 35.2 Å². The molecule has 1 amide bonds. The summed E-state index contributed by atoms with van der Waals surface area (Å²) >= 11 is 0. The van der Waals surface area contributed by atoms with E-state index in [2.05, 4.69) is 5.32 Å². The molecule has 0 bridgehead atoms. The van der Waals surface area contributed by atoms with Gasteiger partial charge in [-0.1, -0.05) is 72.8 Å². The molecule has 0 spiro atoms. The first-order valence-corrected chi connectivity index (χ1v) is 13.4. The van der Waals surface area contributed by atoms with Crippen LogP contribution in [-0.2, 0) is 38.2 Å². The zero-order valence-electron chi connectivity index (χ0n) is 20.0. The molecule has 9 heteroatoms. The Bertz CT molecular complexity index is 1150. The highest BCUT2D eigenvalue weighted by Crippen LogP contribution is 2.50. The molecule has 0 saturated heterocycles. The van der Waals surface area contributed by atoms with Gasteiger partial charge in [-0.2, -0.15) is 0 Å². The summed E-state index contributed by atoms with van der Waals surface area (Å²) in [6.45, 7) is 0.103. The van der Waals surface area contributed by atoms with Gasteiger partial charge in [0, 0.05) is 6.42 Å². The van der Waals surface area contributed by atoms with E-state index in [0.29, 0.717) is 11.3 Å². The van der Waals surface area contributed by atoms with E-state index in [1.54, 1.807) is 36.4 Å². The van der Waals surface area contributed by atoms with Gasteiger partial charge in [-0.25, -0.2) is 4.79 Å². The lowest BCUT2D eigenvalue weighted by atomic mass is 10.2. The molecule has 2 atom stereocenters. The third-order valence-electron chi connectivity index (χ3n) is 5.42. The summed E-state index contributed by atoms with van der Waals surface area (Å²) < 4.78 is 29.0. The first-order chi connectivity index (χ1) is 17.4. The van der Waals surface area contributed by atoms with Gasteiger partial charge in [-0.3, -0.25) is 9.36 Å². The molecule has 3 aromatic rings. The van der Waals surface area contributed by atoms with Crippen LogP contribution in [0.4, 0.5) is 4.79 Å². The fraction of sp³-hybridized carbons (Fsp3) is 0.259. The van der Waals surface area contributed by atoms with Crippen molar-refractivity contribution in [2.75, 3.05) is 7.11 Å². The van der Waals surface area contributed by atoms with Crippen molar-refractivity contribution in [1.29, 1.82) is 0 Å². The molecule has 36 heavy (non-hydrogen) atoms. The van der Waals surface area contributed by atoms with E-state index in [1.807, 2.05) is 48.5 Å². The molecule has 0 saturated carbocycles. The van der Waals surface area contributed by atoms with Crippen LogP contribution >= 0.6 is 7.37 Å². The predicted molar refractivity (Wildman–Crippen MR) is 136 cm³/mol. The molecule has 0 aromatic heterocycles. The Morgan fingerprint density at radius 3 is 1.94 bits per heavy atom. The summed E-state index contributed by atoms with van der Waals surface area (Å²) in [7, 11) is -2.46. The highest BCUT2D eigenvalue weighted by atomic mass is 31.2. The van der Waals surface area contributed by atoms with Crippen molar-refractivity contribution in [2.45, 2.75) is 38.0 Å². The van der Waals surface area contributed by atoms with Gasteiger partial charge in [0.15, 0.2) is 0 Å². The SMILES string of the molecule is COc1ccc(CP(=O)(O)C(CCC(=O)OCc2ccccc2)NC(=O)OCc2ccccc2)cc1. The molecule has 3 rings (SSSR count). The van der Waals surface area contributed by atoms with E-state index in [0.717, 1.165) is 11.1 Å². The number of ether oxygens (including phenoxy) is 3. The van der Waals surface area contributed by atoms with Crippen LogP contribution < -0.4 is 10.1 Å². The molecule has 2 unspecified atom stereocenters. The monoisotopic (exact) mass is 511 g/mol. The standard InChI is InChI=1S/C27H30NO7P/c1-33-24-14-12-23(13-15-24)20-36(31,32)25(28-27(30)35-19-22-10-6-3-7-11-22)16-17-26(29)34-18-21-8-4-2-5-9-21/h2-15,25H,16-20H2,1H3,(H,28,30)(H,31,32). The third-order valence-corrected chi connectivity index (χ3v) is 7.60. The molecular weight excluding hydrogens is 481 g/mol. The molecule has 0 fully saturated rings. The molecule has 0 heterocycles. The van der Waals surface area contributed by atoms with Crippen molar-refractivity contribution in [1.82, 2.24) is 5.32 Å². The number of alkyl carbamates (subject to hydrolysis) is 1. The summed E-state index contributed by atoms with van der Waals surface area (Å²) in [6.07, 6.45) is -1.27. The Kier molecular flexibility index (Phi) is 10.1. The lowest BCUT2D eigenvalue weighted by molar-refractivity contribution is -0.145. The van der Waals surface area contributed by atoms with E-state index in [4.69, 9.17) is 14.2 Å². The fourth-order valence-electron chi connectivity index (χ4n) is 3.44. The number of amides is 1. The largest absolute Gasteiger partial charge is 0.497 e. The molecule has 0 aliphatic carbocycles. The number of hydrogen-bond donors (Lipinski definition) is 2. The Hall–Kier alpha value is -3.61. The van der Waals surface area contributed by atoms with Crippen molar-refractivity contribution >= 4 is 19.4 Å². The number of carbonyl (C=O) groups excluding carboxylic acids is 2. The van der Waals surface area contributed by atoms with Gasteiger partial charge in [-0.15, -0.1) is 0 Å². The minimum absolute atomic E-state index is 0.00667. The van der Waals surface area contributed by atoms with Crippen LogP contribution in [0.25, 0.3) is 0 Å². The molecule has 0 aliphatic heterocycles. The maximum atomic E-state index is 13.3. The summed E-state index contributed by atoms with van der Waals surface area (Å²) in [4.78, 5) is 35.7. The van der Waals surface area contributed by atoms with Gasteiger partial charge in [0.25, 0.3) is 0 Å². The molecule has 2 N–H and O–H groups in total. The smallest absolute Gasteiger partial charge is 0.408 e. The van der Waals surface area contributed by atoms with E-state index in [1.165, 1.54) is 7.11 Å². The van der Waals surface area contributed by atoms with Crippen molar-refractivity contribution < 1.29 is 33.3 Å². The molecule has 0 aliphatic rings. The molecular formula is C27H30NO7P. The average Bonchev–Trinajstić information content (AvgIpc) is 2.90. The van der Waals surface area contributed by atoms with Crippen LogP contribution in [0.5, 0.6) is 5.75 Å². The minimum atomic E-state index is -3.99. The number of carbonyl (C=O) groups is 2. The Balaban J connectivity index is 1.63. The first kappa shape index (κ1) is 27.0. The fourth-order valence-corrected chi connectivity index (χ4v) is 5.24. The van der Waals surface area contributed by atoms with E-state index < -0.39 is 25.2 Å². The van der Waals surface area contributed by atoms with E-state index in [-0.39, 0.29) is 32.2 Å². The van der Waals surface area contributed by atoms with Gasteiger partial charge in [0.1, 0.15) is 24.7 Å². The summed E-state index contributed by atoms with van der Waals surface area (Å²) in [5.74, 6) is -1.12. The second-order valence-corrected chi connectivity index (χ2v) is 10.6. The lowest BCUT2D eigenvalue weighted by Gasteiger charge is -2.24. The van der Waals surface area contributed by atoms with Gasteiger partial charge < -0.3 is 24.4 Å². The second-order valence-electron chi connectivity index (χ2n) is 8.17. The first-order valence-electron chi connectivity index (χ1n) is 11.5. The number of benzene rings is 3. The third kappa shape index (κ3) is 8.87. The lowest BCUT2D eigenvalue weighted by Crippen LogP contribution is -2.36. The molecule has 8 nitrogen and oxygen atoms in total. The van der Waals surface area contributed by atoms with Crippen molar-refractivity contribution in [3.63, 3.8) is 0 Å². The van der Waals surface area contributed by atoms with Crippen LogP contribution in [0.3, 0.4) is 0 Å². The number of methoxy groups -OCH3 is 1. The van der Waals surface area contributed by atoms with Crippen molar-refractivity contribution in [2.24, 2.45) is 0 Å². The predicted octanol–water partition coefficient (Wildman–Crippen LogP) is 5.24. The highest BCUT2D eigenvalue weighted by molar-refractivity contribution is 7.57. The summed E-state index contributed by atoms with van der Waals surface area (Å²) in [5.41, 5.74) is 2.20. The second kappa shape index (κ2) is 13.5. The Morgan fingerprint density at radius 1 is 0.833 bits per heavy atom. The molecule has 0 radical (unpaired) electrons. The zero-order chi connectivity index (χ0) is 25.8. The maximum absolute atomic E-state index is 13.3. The summed E-state index contributed by atoms with van der Waals surface area (Å²) in [6, 6.07) is 25.0. The van der Waals surface area contributed by atoms with Gasteiger partial charge in [0.2, 0.25) is 7.37 Å². The van der Waals surface area contributed by atoms with Crippen LogP contribution in [0.15, 0.2) is 84.9 Å². The zero-order valence-corrected chi connectivity index (χ0v) is 20.9. The van der Waals surface area contributed by atoms with Crippen LogP contribution in [0.1, 0.15) is 29.5 Å². The normalized spacial score (nSPS) is 13.2.